The van der Waals surface area contributed by atoms with Gasteiger partial charge < -0.3 is 5.11 Å². The lowest BCUT2D eigenvalue weighted by Gasteiger charge is -2.36. The number of hydrogen-bond donors (Lipinski definition) is 1. The summed E-state index contributed by atoms with van der Waals surface area (Å²) in [4.78, 5) is 28.2. The van der Waals surface area contributed by atoms with Gasteiger partial charge in [-0.25, -0.2) is 0 Å². The van der Waals surface area contributed by atoms with Gasteiger partial charge in [-0.3, -0.25) is 14.5 Å². The van der Waals surface area contributed by atoms with E-state index >= 15 is 0 Å². The Hall–Kier alpha value is -3.08. The molecule has 0 bridgehead atoms. The summed E-state index contributed by atoms with van der Waals surface area (Å²) >= 11 is 0. The first-order valence-electron chi connectivity index (χ1n) is 11.3. The van der Waals surface area contributed by atoms with Gasteiger partial charge in [0.2, 0.25) is 0 Å². The van der Waals surface area contributed by atoms with E-state index in [9.17, 15) is 14.7 Å². The van der Waals surface area contributed by atoms with Gasteiger partial charge in [-0.05, 0) is 18.4 Å². The molecular weight excluding hydrogens is 398 g/mol. The lowest BCUT2D eigenvalue weighted by Crippen LogP contribution is -2.42. The van der Waals surface area contributed by atoms with Gasteiger partial charge in [0, 0.05) is 36.1 Å². The van der Waals surface area contributed by atoms with E-state index in [1.165, 1.54) is 0 Å². The van der Waals surface area contributed by atoms with Crippen molar-refractivity contribution in [3.05, 3.63) is 108 Å². The average Bonchev–Trinajstić information content (AvgIpc) is 3.23. The monoisotopic (exact) mass is 427 g/mol. The molecule has 0 radical (unpaired) electrons. The molecule has 1 heterocycles. The van der Waals surface area contributed by atoms with Crippen LogP contribution in [0.3, 0.4) is 0 Å². The van der Waals surface area contributed by atoms with Crippen LogP contribution in [0.5, 0.6) is 0 Å². The first-order valence-corrected chi connectivity index (χ1v) is 11.3. The van der Waals surface area contributed by atoms with E-state index in [-0.39, 0.29) is 36.3 Å². The Morgan fingerprint density at radius 2 is 1.12 bits per heavy atom. The van der Waals surface area contributed by atoms with Crippen molar-refractivity contribution in [2.75, 3.05) is 6.61 Å². The summed E-state index contributed by atoms with van der Waals surface area (Å²) in [6.45, 7) is -0.0595. The maximum atomic E-state index is 13.0. The van der Waals surface area contributed by atoms with Crippen LogP contribution in [0.1, 0.15) is 58.0 Å². The molecule has 1 aliphatic heterocycles. The number of carbonyl (C=O) groups excluding carboxylic acids is 2. The summed E-state index contributed by atoms with van der Waals surface area (Å²) in [5.74, 6) is 0.195. The average molecular weight is 428 g/mol. The normalized spacial score (nSPS) is 19.5. The molecule has 0 aromatic heterocycles. The van der Waals surface area contributed by atoms with Crippen molar-refractivity contribution in [1.82, 2.24) is 4.90 Å². The Labute approximate surface area is 189 Å². The highest BCUT2D eigenvalue weighted by molar-refractivity contribution is 5.97. The molecular formula is C28H29NO3. The van der Waals surface area contributed by atoms with Crippen LogP contribution in [-0.4, -0.2) is 40.3 Å². The van der Waals surface area contributed by atoms with Crippen LogP contribution in [0, 0.1) is 0 Å². The summed E-state index contributed by atoms with van der Waals surface area (Å²) in [5, 5.41) is 10.4. The van der Waals surface area contributed by atoms with Crippen molar-refractivity contribution < 1.29 is 14.7 Å². The van der Waals surface area contributed by atoms with Gasteiger partial charge in [0.1, 0.15) is 0 Å². The lowest BCUT2D eigenvalue weighted by atomic mass is 9.98. The minimum atomic E-state index is -0.249. The van der Waals surface area contributed by atoms with E-state index in [2.05, 4.69) is 4.90 Å². The standard InChI is InChI=1S/C28H29NO3/c30-20-26(21-10-4-1-5-11-21)29-24(18-27(31)22-12-6-2-7-13-22)16-17-25(29)19-28(32)23-14-8-3-9-15-23/h1-15,24-26,30H,16-20H2/t24-,25+,26-/m0/s1. The molecule has 0 saturated carbocycles. The van der Waals surface area contributed by atoms with Crippen LogP contribution < -0.4 is 0 Å². The van der Waals surface area contributed by atoms with E-state index in [4.69, 9.17) is 0 Å². The number of aliphatic hydroxyl groups excluding tert-OH is 1. The summed E-state index contributed by atoms with van der Waals surface area (Å²) < 4.78 is 0. The first kappa shape index (κ1) is 22.1. The van der Waals surface area contributed by atoms with Gasteiger partial charge >= 0.3 is 0 Å². The molecule has 3 aromatic rings. The van der Waals surface area contributed by atoms with E-state index in [1.54, 1.807) is 0 Å². The quantitative estimate of drug-likeness (QED) is 0.483. The third kappa shape index (κ3) is 5.04. The maximum Gasteiger partial charge on any atom is 0.164 e. The molecule has 0 unspecified atom stereocenters. The van der Waals surface area contributed by atoms with Crippen LogP contribution in [-0.2, 0) is 0 Å². The summed E-state index contributed by atoms with van der Waals surface area (Å²) in [7, 11) is 0. The molecule has 164 valence electrons. The van der Waals surface area contributed by atoms with E-state index < -0.39 is 0 Å². The van der Waals surface area contributed by atoms with E-state index in [0.29, 0.717) is 24.0 Å². The molecule has 4 rings (SSSR count). The van der Waals surface area contributed by atoms with Gasteiger partial charge in [0.25, 0.3) is 0 Å². The minimum Gasteiger partial charge on any atom is -0.394 e. The molecule has 0 spiro atoms. The van der Waals surface area contributed by atoms with Gasteiger partial charge in [-0.2, -0.15) is 0 Å². The second-order valence-corrected chi connectivity index (χ2v) is 8.43. The Morgan fingerprint density at radius 1 is 0.719 bits per heavy atom. The van der Waals surface area contributed by atoms with Crippen molar-refractivity contribution in [2.24, 2.45) is 0 Å². The molecule has 1 saturated heterocycles. The molecule has 0 amide bonds. The summed E-state index contributed by atoms with van der Waals surface area (Å²) in [6, 6.07) is 28.3. The zero-order chi connectivity index (χ0) is 22.3. The Bertz CT molecular complexity index is 959. The second-order valence-electron chi connectivity index (χ2n) is 8.43. The molecule has 4 nitrogen and oxygen atoms in total. The SMILES string of the molecule is O=C(C[C@H]1CC[C@@H](CC(=O)c2ccccc2)N1[C@@H](CO)c1ccccc1)c1ccccc1. The summed E-state index contributed by atoms with van der Waals surface area (Å²) in [6.07, 6.45) is 2.41. The predicted octanol–water partition coefficient (Wildman–Crippen LogP) is 5.10. The van der Waals surface area contributed by atoms with Crippen LogP contribution >= 0.6 is 0 Å². The molecule has 1 aliphatic rings. The van der Waals surface area contributed by atoms with Gasteiger partial charge in [0.15, 0.2) is 11.6 Å². The molecule has 1 fully saturated rings. The van der Waals surface area contributed by atoms with Crippen LogP contribution in [0.4, 0.5) is 0 Å². The maximum absolute atomic E-state index is 13.0. The largest absolute Gasteiger partial charge is 0.394 e. The van der Waals surface area contributed by atoms with Crippen molar-refractivity contribution in [3.63, 3.8) is 0 Å². The molecule has 3 aromatic carbocycles. The predicted molar refractivity (Wildman–Crippen MR) is 126 cm³/mol. The van der Waals surface area contributed by atoms with E-state index in [0.717, 1.165) is 18.4 Å². The fraction of sp³-hybridized carbons (Fsp3) is 0.286. The number of Topliss-reactive ketones (excluding diaryl/α,β-unsaturated/α-hetero) is 2. The lowest BCUT2D eigenvalue weighted by molar-refractivity contribution is 0.0608. The number of nitrogens with zero attached hydrogens (tertiary/aromatic N) is 1. The zero-order valence-corrected chi connectivity index (χ0v) is 18.1. The number of ketones is 2. The van der Waals surface area contributed by atoms with E-state index in [1.807, 2.05) is 91.0 Å². The Balaban J connectivity index is 1.59. The highest BCUT2D eigenvalue weighted by Crippen LogP contribution is 2.37. The Kier molecular flexibility index (Phi) is 7.25. The number of carbonyl (C=O) groups is 2. The fourth-order valence-corrected chi connectivity index (χ4v) is 4.86. The molecule has 1 N–H and O–H groups in total. The van der Waals surface area contributed by atoms with Crippen LogP contribution in [0.2, 0.25) is 0 Å². The number of rotatable bonds is 9. The fourth-order valence-electron chi connectivity index (χ4n) is 4.86. The number of aliphatic hydroxyl groups is 1. The van der Waals surface area contributed by atoms with Crippen molar-refractivity contribution in [1.29, 1.82) is 0 Å². The molecule has 4 heteroatoms. The van der Waals surface area contributed by atoms with Gasteiger partial charge in [-0.15, -0.1) is 0 Å². The third-order valence-electron chi connectivity index (χ3n) is 6.43. The van der Waals surface area contributed by atoms with Crippen LogP contribution in [0.25, 0.3) is 0 Å². The Morgan fingerprint density at radius 3 is 1.53 bits per heavy atom. The van der Waals surface area contributed by atoms with Gasteiger partial charge in [0.05, 0.1) is 12.6 Å². The number of benzene rings is 3. The smallest absolute Gasteiger partial charge is 0.164 e. The molecule has 32 heavy (non-hydrogen) atoms. The topological polar surface area (TPSA) is 57.6 Å². The van der Waals surface area contributed by atoms with Crippen molar-refractivity contribution >= 4 is 11.6 Å². The highest BCUT2D eigenvalue weighted by atomic mass is 16.3. The van der Waals surface area contributed by atoms with Gasteiger partial charge in [-0.1, -0.05) is 91.0 Å². The van der Waals surface area contributed by atoms with Crippen molar-refractivity contribution in [2.45, 2.75) is 43.8 Å². The third-order valence-corrected chi connectivity index (χ3v) is 6.43. The highest BCUT2D eigenvalue weighted by Gasteiger charge is 2.40. The summed E-state index contributed by atoms with van der Waals surface area (Å²) in [5.41, 5.74) is 2.42. The van der Waals surface area contributed by atoms with Crippen LogP contribution in [0.15, 0.2) is 91.0 Å². The number of hydrogen-bond acceptors (Lipinski definition) is 4. The zero-order valence-electron chi connectivity index (χ0n) is 18.1. The number of likely N-dealkylation sites (tertiary alicyclic amines) is 1. The molecule has 0 aliphatic carbocycles. The minimum absolute atomic E-state index is 0.0198. The first-order chi connectivity index (χ1) is 15.7. The molecule has 3 atom stereocenters. The van der Waals surface area contributed by atoms with Crippen molar-refractivity contribution in [3.8, 4) is 0 Å². The second kappa shape index (κ2) is 10.5.